The minimum Gasteiger partial charge on any atom is -0.478 e. The van der Waals surface area contributed by atoms with Crippen LogP contribution in [0.15, 0.2) is 39.0 Å². The summed E-state index contributed by atoms with van der Waals surface area (Å²) < 4.78 is 38.7. The highest BCUT2D eigenvalue weighted by Crippen LogP contribution is 2.28. The predicted molar refractivity (Wildman–Crippen MR) is 76.3 cm³/mol. The van der Waals surface area contributed by atoms with E-state index >= 15 is 0 Å². The highest BCUT2D eigenvalue weighted by atomic mass is 79.9. The summed E-state index contributed by atoms with van der Waals surface area (Å²) in [7, 11) is -3.95. The van der Waals surface area contributed by atoms with Crippen molar-refractivity contribution >= 4 is 43.1 Å². The molecule has 0 amide bonds. The summed E-state index contributed by atoms with van der Waals surface area (Å²) in [5.41, 5.74) is -0.268. The number of benzene rings is 1. The third-order valence-corrected chi connectivity index (χ3v) is 6.29. The van der Waals surface area contributed by atoms with Crippen LogP contribution in [0.5, 0.6) is 0 Å². The number of thiophene rings is 1. The maximum Gasteiger partial charge on any atom is 0.335 e. The number of sulfone groups is 1. The molecule has 106 valence electrons. The molecule has 2 rings (SSSR count). The van der Waals surface area contributed by atoms with Crippen LogP contribution in [0.25, 0.3) is 0 Å². The first-order valence-corrected chi connectivity index (χ1v) is 8.61. The second-order valence-electron chi connectivity index (χ2n) is 3.90. The molecular formula is C12H8BrFO4S2. The quantitative estimate of drug-likeness (QED) is 0.885. The van der Waals surface area contributed by atoms with Gasteiger partial charge in [-0.25, -0.2) is 17.6 Å². The SMILES string of the molecule is O=C(O)c1ccc(F)c(S(=O)(=O)Cc2sccc2Br)c1. The normalized spacial score (nSPS) is 11.5. The number of carboxylic acid groups (broad SMARTS) is 1. The molecule has 1 heterocycles. The average molecular weight is 379 g/mol. The molecule has 1 aromatic carbocycles. The molecule has 1 N–H and O–H groups in total. The summed E-state index contributed by atoms with van der Waals surface area (Å²) in [6.45, 7) is 0. The Morgan fingerprint density at radius 3 is 2.60 bits per heavy atom. The lowest BCUT2D eigenvalue weighted by Gasteiger charge is -2.06. The molecule has 0 aliphatic carbocycles. The number of carboxylic acids is 1. The van der Waals surface area contributed by atoms with E-state index in [0.29, 0.717) is 9.35 Å². The van der Waals surface area contributed by atoms with Crippen molar-refractivity contribution in [3.63, 3.8) is 0 Å². The molecule has 8 heteroatoms. The monoisotopic (exact) mass is 378 g/mol. The van der Waals surface area contributed by atoms with Gasteiger partial charge in [-0.05, 0) is 45.6 Å². The van der Waals surface area contributed by atoms with Crippen molar-refractivity contribution in [1.82, 2.24) is 0 Å². The van der Waals surface area contributed by atoms with E-state index in [1.807, 2.05) is 0 Å². The van der Waals surface area contributed by atoms with E-state index in [-0.39, 0.29) is 11.3 Å². The second-order valence-corrected chi connectivity index (χ2v) is 7.71. The predicted octanol–water partition coefficient (Wildman–Crippen LogP) is 3.32. The van der Waals surface area contributed by atoms with Gasteiger partial charge < -0.3 is 5.11 Å². The van der Waals surface area contributed by atoms with Gasteiger partial charge in [0.15, 0.2) is 9.84 Å². The van der Waals surface area contributed by atoms with Gasteiger partial charge in [0.2, 0.25) is 0 Å². The zero-order chi connectivity index (χ0) is 14.9. The Labute approximate surface area is 126 Å². The number of hydrogen-bond donors (Lipinski definition) is 1. The van der Waals surface area contributed by atoms with E-state index in [2.05, 4.69) is 15.9 Å². The lowest BCUT2D eigenvalue weighted by atomic mass is 10.2. The van der Waals surface area contributed by atoms with E-state index < -0.39 is 26.5 Å². The molecule has 0 aliphatic rings. The molecule has 0 saturated heterocycles. The molecule has 0 unspecified atom stereocenters. The number of rotatable bonds is 4. The van der Waals surface area contributed by atoms with Crippen LogP contribution in [-0.4, -0.2) is 19.5 Å². The Kier molecular flexibility index (Phi) is 4.26. The fourth-order valence-electron chi connectivity index (χ4n) is 1.55. The Bertz CT molecular complexity index is 768. The van der Waals surface area contributed by atoms with Crippen molar-refractivity contribution in [3.8, 4) is 0 Å². The molecule has 0 aliphatic heterocycles. The van der Waals surface area contributed by atoms with E-state index in [1.165, 1.54) is 11.3 Å². The van der Waals surface area contributed by atoms with Gasteiger partial charge in [-0.1, -0.05) is 0 Å². The van der Waals surface area contributed by atoms with Crippen LogP contribution in [0.4, 0.5) is 4.39 Å². The summed E-state index contributed by atoms with van der Waals surface area (Å²) >= 11 is 4.43. The third-order valence-electron chi connectivity index (χ3n) is 2.53. The summed E-state index contributed by atoms with van der Waals surface area (Å²) in [4.78, 5) is 10.8. The molecule has 0 spiro atoms. The first-order chi connectivity index (χ1) is 9.31. The van der Waals surface area contributed by atoms with Gasteiger partial charge in [0, 0.05) is 9.35 Å². The average Bonchev–Trinajstić information content (AvgIpc) is 2.74. The summed E-state index contributed by atoms with van der Waals surface area (Å²) in [6.07, 6.45) is 0. The van der Waals surface area contributed by atoms with Gasteiger partial charge in [0.25, 0.3) is 0 Å². The van der Waals surface area contributed by atoms with Gasteiger partial charge >= 0.3 is 5.97 Å². The second kappa shape index (κ2) is 5.63. The molecule has 20 heavy (non-hydrogen) atoms. The van der Waals surface area contributed by atoms with Crippen molar-refractivity contribution in [2.75, 3.05) is 0 Å². The highest BCUT2D eigenvalue weighted by Gasteiger charge is 2.23. The van der Waals surface area contributed by atoms with Gasteiger partial charge in [0.05, 0.1) is 11.3 Å². The molecule has 0 radical (unpaired) electrons. The van der Waals surface area contributed by atoms with Gasteiger partial charge in [-0.3, -0.25) is 0 Å². The van der Waals surface area contributed by atoms with E-state index in [1.54, 1.807) is 11.4 Å². The fourth-order valence-corrected chi connectivity index (χ4v) is 5.08. The fraction of sp³-hybridized carbons (Fsp3) is 0.0833. The standard InChI is InChI=1S/C12H8BrFO4S2/c13-8-3-4-19-10(8)6-20(17,18)11-5-7(12(15)16)1-2-9(11)14/h1-5H,6H2,(H,15,16). The van der Waals surface area contributed by atoms with Crippen molar-refractivity contribution in [3.05, 3.63) is 50.4 Å². The van der Waals surface area contributed by atoms with Gasteiger partial charge in [-0.2, -0.15) is 0 Å². The molecule has 0 bridgehead atoms. The topological polar surface area (TPSA) is 71.4 Å². The molecule has 0 atom stereocenters. The minimum absolute atomic E-state index is 0.268. The van der Waals surface area contributed by atoms with Crippen LogP contribution in [0.3, 0.4) is 0 Å². The summed E-state index contributed by atoms with van der Waals surface area (Å²) in [5.74, 6) is -2.65. The van der Waals surface area contributed by atoms with Crippen molar-refractivity contribution in [2.45, 2.75) is 10.6 Å². The molecule has 0 fully saturated rings. The Balaban J connectivity index is 2.46. The molecule has 4 nitrogen and oxygen atoms in total. The van der Waals surface area contributed by atoms with E-state index in [4.69, 9.17) is 5.11 Å². The number of hydrogen-bond acceptors (Lipinski definition) is 4. The maximum atomic E-state index is 13.7. The summed E-state index contributed by atoms with van der Waals surface area (Å²) in [5, 5.41) is 10.6. The number of halogens is 2. The van der Waals surface area contributed by atoms with Crippen LogP contribution in [-0.2, 0) is 15.6 Å². The molecule has 0 saturated carbocycles. The molecule has 2 aromatic rings. The van der Waals surface area contributed by atoms with Crippen LogP contribution in [0, 0.1) is 5.82 Å². The van der Waals surface area contributed by atoms with Crippen LogP contribution < -0.4 is 0 Å². The van der Waals surface area contributed by atoms with Crippen molar-refractivity contribution in [1.29, 1.82) is 0 Å². The Morgan fingerprint density at radius 1 is 1.35 bits per heavy atom. The van der Waals surface area contributed by atoms with E-state index in [0.717, 1.165) is 18.2 Å². The zero-order valence-corrected chi connectivity index (χ0v) is 13.1. The van der Waals surface area contributed by atoms with Crippen LogP contribution in [0.2, 0.25) is 0 Å². The van der Waals surface area contributed by atoms with Crippen LogP contribution in [0.1, 0.15) is 15.2 Å². The zero-order valence-electron chi connectivity index (χ0n) is 9.84. The van der Waals surface area contributed by atoms with Gasteiger partial charge in [-0.15, -0.1) is 11.3 Å². The molecule has 1 aromatic heterocycles. The summed E-state index contributed by atoms with van der Waals surface area (Å²) in [6, 6.07) is 4.41. The number of carbonyl (C=O) groups is 1. The van der Waals surface area contributed by atoms with Gasteiger partial charge in [0.1, 0.15) is 10.7 Å². The lowest BCUT2D eigenvalue weighted by molar-refractivity contribution is 0.0696. The van der Waals surface area contributed by atoms with Crippen molar-refractivity contribution < 1.29 is 22.7 Å². The third kappa shape index (κ3) is 3.08. The first-order valence-electron chi connectivity index (χ1n) is 5.29. The van der Waals surface area contributed by atoms with E-state index in [9.17, 15) is 17.6 Å². The molecular weight excluding hydrogens is 371 g/mol. The maximum absolute atomic E-state index is 13.7. The van der Waals surface area contributed by atoms with Crippen molar-refractivity contribution in [2.24, 2.45) is 0 Å². The largest absolute Gasteiger partial charge is 0.478 e. The highest BCUT2D eigenvalue weighted by molar-refractivity contribution is 9.10. The Hall–Kier alpha value is -1.25. The minimum atomic E-state index is -3.95. The smallest absolute Gasteiger partial charge is 0.335 e. The number of aromatic carboxylic acids is 1. The van der Waals surface area contributed by atoms with Crippen LogP contribution >= 0.6 is 27.3 Å². The first kappa shape index (κ1) is 15.1. The Morgan fingerprint density at radius 2 is 2.05 bits per heavy atom. The lowest BCUT2D eigenvalue weighted by Crippen LogP contribution is -2.09.